The third-order valence-corrected chi connectivity index (χ3v) is 2.82. The van der Waals surface area contributed by atoms with E-state index in [4.69, 9.17) is 10.5 Å². The molecule has 0 aliphatic heterocycles. The Bertz CT molecular complexity index is 470. The molecule has 0 radical (unpaired) electrons. The van der Waals surface area contributed by atoms with Crippen LogP contribution in [0.5, 0.6) is 5.75 Å². The number of ether oxygens (including phenoxy) is 1. The first-order valence-corrected chi connectivity index (χ1v) is 5.95. The molecule has 1 heterocycles. The summed E-state index contributed by atoms with van der Waals surface area (Å²) < 4.78 is 5.12. The topological polar surface area (TPSA) is 61.0 Å². The molecule has 0 amide bonds. The van der Waals surface area contributed by atoms with Crippen molar-refractivity contribution in [2.75, 3.05) is 7.11 Å². The molecule has 4 nitrogen and oxygen atoms in total. The summed E-state index contributed by atoms with van der Waals surface area (Å²) in [4.78, 5) is 8.32. The van der Waals surface area contributed by atoms with Gasteiger partial charge in [-0.15, -0.1) is 0 Å². The number of nitrogens with zero attached hydrogens (tertiary/aromatic N) is 2. The molecule has 2 N–H and O–H groups in total. The Balaban J connectivity index is 1.91. The summed E-state index contributed by atoms with van der Waals surface area (Å²) in [6, 6.07) is 9.70. The van der Waals surface area contributed by atoms with E-state index in [1.807, 2.05) is 12.1 Å². The number of aromatic nitrogens is 2. The third-order valence-electron chi connectivity index (χ3n) is 2.82. The molecule has 0 saturated heterocycles. The normalized spacial score (nSPS) is 12.1. The van der Waals surface area contributed by atoms with Crippen LogP contribution in [-0.2, 0) is 6.42 Å². The minimum atomic E-state index is -0.117. The maximum atomic E-state index is 6.05. The highest BCUT2D eigenvalue weighted by atomic mass is 16.5. The van der Waals surface area contributed by atoms with Crippen LogP contribution < -0.4 is 10.5 Å². The summed E-state index contributed by atoms with van der Waals surface area (Å²) in [5, 5.41) is 0. The number of aryl methyl sites for hydroxylation is 1. The van der Waals surface area contributed by atoms with E-state index in [0.717, 1.165) is 18.6 Å². The Morgan fingerprint density at radius 2 is 1.83 bits per heavy atom. The number of rotatable bonds is 5. The third kappa shape index (κ3) is 3.28. The Kier molecular flexibility index (Phi) is 4.25. The van der Waals surface area contributed by atoms with Gasteiger partial charge in [-0.1, -0.05) is 12.1 Å². The predicted molar refractivity (Wildman–Crippen MR) is 70.3 cm³/mol. The van der Waals surface area contributed by atoms with Gasteiger partial charge in [0, 0.05) is 12.4 Å². The van der Waals surface area contributed by atoms with Crippen molar-refractivity contribution >= 4 is 0 Å². The Morgan fingerprint density at radius 3 is 2.44 bits per heavy atom. The van der Waals surface area contributed by atoms with Crippen LogP contribution in [0.1, 0.15) is 23.9 Å². The highest BCUT2D eigenvalue weighted by Crippen LogP contribution is 2.16. The van der Waals surface area contributed by atoms with Crippen molar-refractivity contribution in [1.29, 1.82) is 0 Å². The Morgan fingerprint density at radius 1 is 1.17 bits per heavy atom. The maximum Gasteiger partial charge on any atom is 0.144 e. The molecule has 94 valence electrons. The number of methoxy groups -OCH3 is 1. The minimum absolute atomic E-state index is 0.117. The van der Waals surface area contributed by atoms with Gasteiger partial charge >= 0.3 is 0 Å². The molecule has 1 atom stereocenters. The maximum absolute atomic E-state index is 6.05. The molecule has 2 rings (SSSR count). The quantitative estimate of drug-likeness (QED) is 0.873. The predicted octanol–water partition coefficient (Wildman–Crippen LogP) is 2.12. The second-order valence-electron chi connectivity index (χ2n) is 4.10. The Hall–Kier alpha value is -1.94. The van der Waals surface area contributed by atoms with E-state index >= 15 is 0 Å². The Labute approximate surface area is 107 Å². The molecule has 0 bridgehead atoms. The van der Waals surface area contributed by atoms with Crippen LogP contribution in [0.2, 0.25) is 0 Å². The van der Waals surface area contributed by atoms with Crippen LogP contribution in [0.15, 0.2) is 42.7 Å². The second kappa shape index (κ2) is 6.12. The van der Waals surface area contributed by atoms with Gasteiger partial charge in [0.05, 0.1) is 13.2 Å². The monoisotopic (exact) mass is 243 g/mol. The van der Waals surface area contributed by atoms with Gasteiger partial charge in [-0.2, -0.15) is 0 Å². The molecule has 0 fully saturated rings. The summed E-state index contributed by atoms with van der Waals surface area (Å²) in [6.45, 7) is 0. The van der Waals surface area contributed by atoms with Crippen molar-refractivity contribution < 1.29 is 4.74 Å². The zero-order valence-corrected chi connectivity index (χ0v) is 10.4. The minimum Gasteiger partial charge on any atom is -0.497 e. The van der Waals surface area contributed by atoms with Gasteiger partial charge in [0.2, 0.25) is 0 Å². The zero-order valence-electron chi connectivity index (χ0n) is 10.4. The van der Waals surface area contributed by atoms with Gasteiger partial charge < -0.3 is 10.5 Å². The average Bonchev–Trinajstić information content (AvgIpc) is 2.46. The van der Waals surface area contributed by atoms with Crippen molar-refractivity contribution in [1.82, 2.24) is 9.97 Å². The fourth-order valence-corrected chi connectivity index (χ4v) is 1.75. The fraction of sp³-hybridized carbons (Fsp3) is 0.286. The largest absolute Gasteiger partial charge is 0.497 e. The lowest BCUT2D eigenvalue weighted by Gasteiger charge is -2.09. The van der Waals surface area contributed by atoms with Crippen LogP contribution in [0.3, 0.4) is 0 Å². The standard InChI is InChI=1S/C14H17N3O/c1-18-12-6-3-11(4-7-12)5-8-13(15)14-16-9-2-10-17-14/h2-4,6-7,9-10,13H,5,8,15H2,1H3. The van der Waals surface area contributed by atoms with Crippen LogP contribution in [0.25, 0.3) is 0 Å². The molecule has 0 spiro atoms. The molecule has 1 unspecified atom stereocenters. The van der Waals surface area contributed by atoms with Gasteiger partial charge in [-0.25, -0.2) is 9.97 Å². The van der Waals surface area contributed by atoms with Crippen molar-refractivity contribution in [3.8, 4) is 5.75 Å². The summed E-state index contributed by atoms with van der Waals surface area (Å²) in [6.07, 6.45) is 5.17. The lowest BCUT2D eigenvalue weighted by atomic mass is 10.1. The van der Waals surface area contributed by atoms with Crippen molar-refractivity contribution in [2.45, 2.75) is 18.9 Å². The van der Waals surface area contributed by atoms with Crippen LogP contribution in [0, 0.1) is 0 Å². The summed E-state index contributed by atoms with van der Waals surface area (Å²) in [5.41, 5.74) is 7.29. The highest BCUT2D eigenvalue weighted by molar-refractivity contribution is 5.27. The number of nitrogens with two attached hydrogens (primary N) is 1. The van der Waals surface area contributed by atoms with E-state index < -0.39 is 0 Å². The van der Waals surface area contributed by atoms with Gasteiger partial charge in [-0.05, 0) is 36.6 Å². The van der Waals surface area contributed by atoms with Crippen LogP contribution in [-0.4, -0.2) is 17.1 Å². The number of hydrogen-bond acceptors (Lipinski definition) is 4. The van der Waals surface area contributed by atoms with Gasteiger partial charge in [0.1, 0.15) is 11.6 Å². The summed E-state index contributed by atoms with van der Waals surface area (Å²) in [5.74, 6) is 1.57. The van der Waals surface area contributed by atoms with Crippen molar-refractivity contribution in [3.63, 3.8) is 0 Å². The van der Waals surface area contributed by atoms with E-state index in [1.54, 1.807) is 25.6 Å². The molecule has 0 saturated carbocycles. The first-order valence-electron chi connectivity index (χ1n) is 5.95. The summed E-state index contributed by atoms with van der Waals surface area (Å²) >= 11 is 0. The van der Waals surface area contributed by atoms with E-state index in [-0.39, 0.29) is 6.04 Å². The van der Waals surface area contributed by atoms with Gasteiger partial charge in [0.25, 0.3) is 0 Å². The van der Waals surface area contributed by atoms with Crippen LogP contribution >= 0.6 is 0 Å². The summed E-state index contributed by atoms with van der Waals surface area (Å²) in [7, 11) is 1.66. The first-order chi connectivity index (χ1) is 8.79. The fourth-order valence-electron chi connectivity index (χ4n) is 1.75. The van der Waals surface area contributed by atoms with E-state index in [9.17, 15) is 0 Å². The smallest absolute Gasteiger partial charge is 0.144 e. The van der Waals surface area contributed by atoms with E-state index in [0.29, 0.717) is 5.82 Å². The molecule has 4 heteroatoms. The molecule has 2 aromatic rings. The first kappa shape index (κ1) is 12.5. The molecule has 1 aromatic heterocycles. The van der Waals surface area contributed by atoms with E-state index in [1.165, 1.54) is 5.56 Å². The second-order valence-corrected chi connectivity index (χ2v) is 4.10. The van der Waals surface area contributed by atoms with Crippen molar-refractivity contribution in [2.24, 2.45) is 5.73 Å². The average molecular weight is 243 g/mol. The lowest BCUT2D eigenvalue weighted by Crippen LogP contribution is -2.14. The molecule has 1 aromatic carbocycles. The van der Waals surface area contributed by atoms with Crippen molar-refractivity contribution in [3.05, 3.63) is 54.1 Å². The van der Waals surface area contributed by atoms with Crippen LogP contribution in [0.4, 0.5) is 0 Å². The highest BCUT2D eigenvalue weighted by Gasteiger charge is 2.08. The van der Waals surface area contributed by atoms with Gasteiger partial charge in [0.15, 0.2) is 0 Å². The molecular formula is C14H17N3O. The molecule has 18 heavy (non-hydrogen) atoms. The lowest BCUT2D eigenvalue weighted by molar-refractivity contribution is 0.414. The number of benzene rings is 1. The zero-order chi connectivity index (χ0) is 12.8. The molecule has 0 aliphatic rings. The SMILES string of the molecule is COc1ccc(CCC(N)c2ncccn2)cc1. The number of hydrogen-bond donors (Lipinski definition) is 1. The molecule has 0 aliphatic carbocycles. The van der Waals surface area contributed by atoms with Gasteiger partial charge in [-0.3, -0.25) is 0 Å². The van der Waals surface area contributed by atoms with E-state index in [2.05, 4.69) is 22.1 Å². The molecular weight excluding hydrogens is 226 g/mol.